The summed E-state index contributed by atoms with van der Waals surface area (Å²) >= 11 is 5.96. The van der Waals surface area contributed by atoms with Gasteiger partial charge < -0.3 is 9.64 Å². The van der Waals surface area contributed by atoms with Crippen LogP contribution < -0.4 is 4.74 Å². The van der Waals surface area contributed by atoms with Crippen LogP contribution in [-0.4, -0.2) is 49.9 Å². The van der Waals surface area contributed by atoms with Crippen molar-refractivity contribution in [2.75, 3.05) is 24.6 Å². The predicted molar refractivity (Wildman–Crippen MR) is 97.7 cm³/mol. The van der Waals surface area contributed by atoms with E-state index >= 15 is 0 Å². The van der Waals surface area contributed by atoms with Crippen LogP contribution in [0, 0.1) is 5.92 Å². The van der Waals surface area contributed by atoms with Gasteiger partial charge in [0.2, 0.25) is 5.91 Å². The molecule has 0 aromatic heterocycles. The van der Waals surface area contributed by atoms with Crippen LogP contribution in [0.15, 0.2) is 24.3 Å². The van der Waals surface area contributed by atoms with Crippen molar-refractivity contribution < 1.29 is 17.9 Å². The van der Waals surface area contributed by atoms with Crippen LogP contribution in [0.3, 0.4) is 0 Å². The van der Waals surface area contributed by atoms with Gasteiger partial charge >= 0.3 is 0 Å². The first-order valence-electron chi connectivity index (χ1n) is 8.82. The molecule has 1 aromatic carbocycles. The summed E-state index contributed by atoms with van der Waals surface area (Å²) in [6.45, 7) is 1.38. The second-order valence-corrected chi connectivity index (χ2v) is 9.63. The third-order valence-electron chi connectivity index (χ3n) is 4.99. The maximum absolute atomic E-state index is 12.3. The molecule has 0 saturated carbocycles. The van der Waals surface area contributed by atoms with Crippen molar-refractivity contribution in [3.8, 4) is 5.75 Å². The van der Waals surface area contributed by atoms with Gasteiger partial charge in [-0.05, 0) is 37.0 Å². The van der Waals surface area contributed by atoms with E-state index in [1.165, 1.54) is 0 Å². The summed E-state index contributed by atoms with van der Waals surface area (Å²) in [5, 5.41) is 0.652. The number of benzene rings is 1. The van der Waals surface area contributed by atoms with E-state index in [2.05, 4.69) is 0 Å². The van der Waals surface area contributed by atoms with Gasteiger partial charge in [0.25, 0.3) is 0 Å². The summed E-state index contributed by atoms with van der Waals surface area (Å²) in [6.07, 6.45) is 3.52. The maximum Gasteiger partial charge on any atom is 0.222 e. The summed E-state index contributed by atoms with van der Waals surface area (Å²) in [5.74, 6) is 1.57. The van der Waals surface area contributed by atoms with Crippen LogP contribution in [0.5, 0.6) is 5.75 Å². The van der Waals surface area contributed by atoms with E-state index in [9.17, 15) is 13.2 Å². The molecule has 0 aliphatic carbocycles. The molecule has 1 unspecified atom stereocenters. The van der Waals surface area contributed by atoms with Gasteiger partial charge in [-0.15, -0.1) is 0 Å². The number of rotatable bonds is 5. The van der Waals surface area contributed by atoms with Gasteiger partial charge in [-0.3, -0.25) is 4.79 Å². The van der Waals surface area contributed by atoms with E-state index in [0.29, 0.717) is 37.4 Å². The molecule has 2 fully saturated rings. The molecule has 2 heterocycles. The first kappa shape index (κ1) is 18.5. The van der Waals surface area contributed by atoms with E-state index in [1.54, 1.807) is 6.07 Å². The number of nitrogens with zero attached hydrogens (tertiary/aromatic N) is 1. The molecule has 2 saturated heterocycles. The van der Waals surface area contributed by atoms with Crippen LogP contribution in [0.1, 0.15) is 32.1 Å². The average Bonchev–Trinajstić information content (AvgIpc) is 2.92. The third-order valence-corrected chi connectivity index (χ3v) is 7.06. The summed E-state index contributed by atoms with van der Waals surface area (Å²) in [4.78, 5) is 14.2. The highest BCUT2D eigenvalue weighted by atomic mass is 35.5. The zero-order chi connectivity index (χ0) is 17.9. The quantitative estimate of drug-likeness (QED) is 0.781. The third kappa shape index (κ3) is 5.35. The molecule has 0 spiro atoms. The zero-order valence-corrected chi connectivity index (χ0v) is 15.8. The minimum absolute atomic E-state index is 0.0995. The predicted octanol–water partition coefficient (Wildman–Crippen LogP) is 2.92. The molecule has 1 aromatic rings. The highest BCUT2D eigenvalue weighted by Crippen LogP contribution is 2.25. The molecule has 0 N–H and O–H groups in total. The summed E-state index contributed by atoms with van der Waals surface area (Å²) in [5.41, 5.74) is 0. The Balaban J connectivity index is 1.40. The molecule has 0 bridgehead atoms. The Hall–Kier alpha value is -1.27. The van der Waals surface area contributed by atoms with E-state index in [1.807, 2.05) is 23.1 Å². The topological polar surface area (TPSA) is 63.7 Å². The molecule has 2 aliphatic heterocycles. The normalized spacial score (nSPS) is 23.6. The molecule has 0 radical (unpaired) electrons. The van der Waals surface area contributed by atoms with Gasteiger partial charge in [-0.2, -0.15) is 0 Å². The van der Waals surface area contributed by atoms with Crippen LogP contribution in [-0.2, 0) is 14.6 Å². The number of likely N-dealkylation sites (tertiary alicyclic amines) is 1. The maximum atomic E-state index is 12.3. The number of halogens is 1. The zero-order valence-electron chi connectivity index (χ0n) is 14.2. The van der Waals surface area contributed by atoms with Crippen LogP contribution in [0.4, 0.5) is 0 Å². The van der Waals surface area contributed by atoms with Crippen molar-refractivity contribution >= 4 is 27.3 Å². The van der Waals surface area contributed by atoms with E-state index in [4.69, 9.17) is 16.3 Å². The molecule has 2 aliphatic rings. The molecule has 138 valence electrons. The van der Waals surface area contributed by atoms with Crippen molar-refractivity contribution in [3.05, 3.63) is 29.3 Å². The minimum atomic E-state index is -2.86. The fourth-order valence-corrected chi connectivity index (χ4v) is 5.63. The monoisotopic (exact) mass is 385 g/mol. The van der Waals surface area contributed by atoms with Gasteiger partial charge in [-0.25, -0.2) is 8.42 Å². The minimum Gasteiger partial charge on any atom is -0.490 e. The van der Waals surface area contributed by atoms with E-state index in [-0.39, 0.29) is 29.4 Å². The summed E-state index contributed by atoms with van der Waals surface area (Å²) < 4.78 is 28.9. The Kier molecular flexibility index (Phi) is 5.89. The molecule has 1 atom stereocenters. The van der Waals surface area contributed by atoms with Crippen molar-refractivity contribution in [2.24, 2.45) is 5.92 Å². The highest BCUT2D eigenvalue weighted by molar-refractivity contribution is 7.91. The Labute approximate surface area is 154 Å². The average molecular weight is 386 g/mol. The number of hydrogen-bond donors (Lipinski definition) is 0. The standard InChI is InChI=1S/C18H24ClNO4S/c19-15-2-1-3-17(12-15)24-16-6-9-20(10-7-16)18(21)5-4-14-8-11-25(22,23)13-14/h1-3,12,14,16H,4-11,13H2. The van der Waals surface area contributed by atoms with Crippen LogP contribution in [0.2, 0.25) is 5.02 Å². The van der Waals surface area contributed by atoms with Crippen LogP contribution in [0.25, 0.3) is 0 Å². The lowest BCUT2D eigenvalue weighted by Crippen LogP contribution is -2.41. The molecule has 7 heteroatoms. The van der Waals surface area contributed by atoms with Gasteiger partial charge in [0, 0.05) is 37.4 Å². The van der Waals surface area contributed by atoms with Crippen molar-refractivity contribution in [3.63, 3.8) is 0 Å². The van der Waals surface area contributed by atoms with Gasteiger partial charge in [0.1, 0.15) is 11.9 Å². The molecule has 25 heavy (non-hydrogen) atoms. The van der Waals surface area contributed by atoms with Crippen LogP contribution >= 0.6 is 11.6 Å². The number of carbonyl (C=O) groups is 1. The number of ether oxygens (including phenoxy) is 1. The molecule has 5 nitrogen and oxygen atoms in total. The first-order chi connectivity index (χ1) is 11.9. The Morgan fingerprint density at radius 3 is 2.64 bits per heavy atom. The summed E-state index contributed by atoms with van der Waals surface area (Å²) in [7, 11) is -2.86. The lowest BCUT2D eigenvalue weighted by atomic mass is 10.0. The first-order valence-corrected chi connectivity index (χ1v) is 11.0. The number of piperidine rings is 1. The molecular formula is C18H24ClNO4S. The van der Waals surface area contributed by atoms with Crippen molar-refractivity contribution in [1.82, 2.24) is 4.90 Å². The smallest absolute Gasteiger partial charge is 0.222 e. The van der Waals surface area contributed by atoms with E-state index < -0.39 is 9.84 Å². The molecule has 1 amide bonds. The molecular weight excluding hydrogens is 362 g/mol. The molecule has 3 rings (SSSR count). The number of carbonyl (C=O) groups excluding carboxylic acids is 1. The Bertz CT molecular complexity index is 714. The largest absolute Gasteiger partial charge is 0.490 e. The number of sulfone groups is 1. The lowest BCUT2D eigenvalue weighted by molar-refractivity contribution is -0.133. The SMILES string of the molecule is O=C(CCC1CCS(=O)(=O)C1)N1CCC(Oc2cccc(Cl)c2)CC1. The van der Waals surface area contributed by atoms with Gasteiger partial charge in [0.05, 0.1) is 11.5 Å². The summed E-state index contributed by atoms with van der Waals surface area (Å²) in [6, 6.07) is 7.36. The fourth-order valence-electron chi connectivity index (χ4n) is 3.54. The Morgan fingerprint density at radius 2 is 2.00 bits per heavy atom. The number of hydrogen-bond acceptors (Lipinski definition) is 4. The fraction of sp³-hybridized carbons (Fsp3) is 0.611. The second kappa shape index (κ2) is 7.96. The second-order valence-electron chi connectivity index (χ2n) is 6.96. The van der Waals surface area contributed by atoms with Gasteiger partial charge in [0.15, 0.2) is 9.84 Å². The van der Waals surface area contributed by atoms with Crippen molar-refractivity contribution in [1.29, 1.82) is 0 Å². The lowest BCUT2D eigenvalue weighted by Gasteiger charge is -2.32. The number of amides is 1. The van der Waals surface area contributed by atoms with Crippen molar-refractivity contribution in [2.45, 2.75) is 38.2 Å². The highest BCUT2D eigenvalue weighted by Gasteiger charge is 2.29. The Morgan fingerprint density at radius 1 is 1.24 bits per heavy atom. The van der Waals surface area contributed by atoms with Gasteiger partial charge in [-0.1, -0.05) is 17.7 Å². The van der Waals surface area contributed by atoms with E-state index in [0.717, 1.165) is 18.6 Å².